The van der Waals surface area contributed by atoms with E-state index < -0.39 is 11.7 Å². The summed E-state index contributed by atoms with van der Waals surface area (Å²) in [4.78, 5) is 2.21. The molecule has 0 bridgehead atoms. The summed E-state index contributed by atoms with van der Waals surface area (Å²) in [6.07, 6.45) is -3.93. The van der Waals surface area contributed by atoms with Crippen LogP contribution in [0.2, 0.25) is 0 Å². The first-order chi connectivity index (χ1) is 8.84. The highest BCUT2D eigenvalue weighted by Gasteiger charge is 2.30. The Morgan fingerprint density at radius 1 is 1.11 bits per heavy atom. The van der Waals surface area contributed by atoms with Gasteiger partial charge in [0.2, 0.25) is 0 Å². The summed E-state index contributed by atoms with van der Waals surface area (Å²) < 4.78 is 43.0. The van der Waals surface area contributed by atoms with Crippen LogP contribution < -0.4 is 0 Å². The van der Waals surface area contributed by atoms with Gasteiger partial charge in [0, 0.05) is 19.6 Å². The van der Waals surface area contributed by atoms with E-state index in [1.54, 1.807) is 12.1 Å². The second-order valence-electron chi connectivity index (χ2n) is 5.15. The van der Waals surface area contributed by atoms with Crippen LogP contribution in [0.5, 0.6) is 0 Å². The lowest BCUT2D eigenvalue weighted by molar-refractivity contribution is -0.137. The van der Waals surface area contributed by atoms with Crippen LogP contribution in [0.4, 0.5) is 13.2 Å². The van der Waals surface area contributed by atoms with Crippen molar-refractivity contribution in [2.24, 2.45) is 0 Å². The minimum absolute atomic E-state index is 0.165. The van der Waals surface area contributed by atoms with E-state index in [1.807, 2.05) is 13.8 Å². The highest BCUT2D eigenvalue weighted by molar-refractivity contribution is 5.24. The van der Waals surface area contributed by atoms with Gasteiger partial charge in [0.25, 0.3) is 0 Å². The van der Waals surface area contributed by atoms with Crippen LogP contribution in [-0.2, 0) is 17.5 Å². The lowest BCUT2D eigenvalue weighted by Gasteiger charge is -2.35. The molecule has 5 heteroatoms. The third-order valence-electron chi connectivity index (χ3n) is 3.18. The van der Waals surface area contributed by atoms with E-state index in [2.05, 4.69) is 4.90 Å². The molecule has 0 N–H and O–H groups in total. The molecule has 1 aromatic rings. The van der Waals surface area contributed by atoms with Crippen LogP contribution in [0, 0.1) is 0 Å². The number of nitrogens with zero attached hydrogens (tertiary/aromatic N) is 1. The van der Waals surface area contributed by atoms with Crippen LogP contribution in [0.25, 0.3) is 0 Å². The van der Waals surface area contributed by atoms with E-state index in [9.17, 15) is 13.2 Å². The normalized spacial score (nSPS) is 25.5. The number of hydrogen-bond acceptors (Lipinski definition) is 2. The highest BCUT2D eigenvalue weighted by Crippen LogP contribution is 2.29. The molecule has 106 valence electrons. The quantitative estimate of drug-likeness (QED) is 0.819. The first-order valence-corrected chi connectivity index (χ1v) is 6.38. The van der Waals surface area contributed by atoms with Crippen LogP contribution in [0.3, 0.4) is 0 Å². The molecule has 1 aliphatic rings. The molecule has 0 spiro atoms. The Labute approximate surface area is 111 Å². The summed E-state index contributed by atoms with van der Waals surface area (Å²) in [5.74, 6) is 0. The smallest absolute Gasteiger partial charge is 0.373 e. The predicted octanol–water partition coefficient (Wildman–Crippen LogP) is 3.31. The van der Waals surface area contributed by atoms with Gasteiger partial charge < -0.3 is 4.74 Å². The number of benzene rings is 1. The molecule has 2 nitrogen and oxygen atoms in total. The SMILES string of the molecule is CC1CN(Cc2ccc(C(F)(F)F)cc2)CC(C)O1. The standard InChI is InChI=1S/C14H18F3NO/c1-10-7-18(8-11(2)19-10)9-12-3-5-13(6-4-12)14(15,16)17/h3-6,10-11H,7-9H2,1-2H3. The van der Waals surface area contributed by atoms with Gasteiger partial charge in [-0.2, -0.15) is 13.2 Å². The topological polar surface area (TPSA) is 12.5 Å². The van der Waals surface area contributed by atoms with Gasteiger partial charge in [0.1, 0.15) is 0 Å². The first kappa shape index (κ1) is 14.3. The van der Waals surface area contributed by atoms with Crippen molar-refractivity contribution >= 4 is 0 Å². The highest BCUT2D eigenvalue weighted by atomic mass is 19.4. The first-order valence-electron chi connectivity index (χ1n) is 6.38. The van der Waals surface area contributed by atoms with Gasteiger partial charge in [-0.25, -0.2) is 0 Å². The summed E-state index contributed by atoms with van der Waals surface area (Å²) in [6, 6.07) is 5.38. The van der Waals surface area contributed by atoms with E-state index in [0.717, 1.165) is 30.8 Å². The number of alkyl halides is 3. The Kier molecular flexibility index (Phi) is 4.16. The summed E-state index contributed by atoms with van der Waals surface area (Å²) in [5, 5.41) is 0. The van der Waals surface area contributed by atoms with Crippen LogP contribution >= 0.6 is 0 Å². The molecule has 2 atom stereocenters. The summed E-state index contributed by atoms with van der Waals surface area (Å²) in [5.41, 5.74) is 0.300. The zero-order valence-corrected chi connectivity index (χ0v) is 11.1. The molecule has 1 fully saturated rings. The Morgan fingerprint density at radius 3 is 2.11 bits per heavy atom. The molecule has 0 aromatic heterocycles. The minimum Gasteiger partial charge on any atom is -0.373 e. The van der Waals surface area contributed by atoms with Crippen molar-refractivity contribution in [3.63, 3.8) is 0 Å². The van der Waals surface area contributed by atoms with Gasteiger partial charge in [0.05, 0.1) is 17.8 Å². The van der Waals surface area contributed by atoms with E-state index in [1.165, 1.54) is 0 Å². The number of morpholine rings is 1. The molecule has 0 amide bonds. The molecule has 1 aromatic carbocycles. The Hall–Kier alpha value is -1.07. The summed E-state index contributed by atoms with van der Waals surface area (Å²) >= 11 is 0. The van der Waals surface area contributed by atoms with Crippen LogP contribution in [0.1, 0.15) is 25.0 Å². The van der Waals surface area contributed by atoms with Gasteiger partial charge >= 0.3 is 6.18 Å². The molecule has 19 heavy (non-hydrogen) atoms. The molecule has 0 aliphatic carbocycles. The molecule has 2 rings (SSSR count). The largest absolute Gasteiger partial charge is 0.416 e. The Balaban J connectivity index is 1.99. The fourth-order valence-electron chi connectivity index (χ4n) is 2.47. The Bertz CT molecular complexity index is 406. The molecular weight excluding hydrogens is 255 g/mol. The third-order valence-corrected chi connectivity index (χ3v) is 3.18. The molecule has 1 aliphatic heterocycles. The molecule has 0 saturated carbocycles. The molecule has 1 saturated heterocycles. The maximum absolute atomic E-state index is 12.5. The average Bonchev–Trinajstić information content (AvgIpc) is 2.26. The van der Waals surface area contributed by atoms with Gasteiger partial charge in [-0.1, -0.05) is 12.1 Å². The summed E-state index contributed by atoms with van der Waals surface area (Å²) in [7, 11) is 0. The maximum Gasteiger partial charge on any atom is 0.416 e. The van der Waals surface area contributed by atoms with E-state index in [0.29, 0.717) is 6.54 Å². The van der Waals surface area contributed by atoms with Crippen molar-refractivity contribution in [3.8, 4) is 0 Å². The van der Waals surface area contributed by atoms with E-state index in [4.69, 9.17) is 4.74 Å². The number of rotatable bonds is 2. The number of halogens is 3. The van der Waals surface area contributed by atoms with E-state index >= 15 is 0 Å². The van der Waals surface area contributed by atoms with Gasteiger partial charge in [-0.15, -0.1) is 0 Å². The van der Waals surface area contributed by atoms with Crippen molar-refractivity contribution < 1.29 is 17.9 Å². The average molecular weight is 273 g/mol. The Morgan fingerprint density at radius 2 is 1.63 bits per heavy atom. The lowest BCUT2D eigenvalue weighted by atomic mass is 10.1. The lowest BCUT2D eigenvalue weighted by Crippen LogP contribution is -2.44. The minimum atomic E-state index is -4.26. The monoisotopic (exact) mass is 273 g/mol. The van der Waals surface area contributed by atoms with Crippen molar-refractivity contribution in [1.29, 1.82) is 0 Å². The molecule has 1 heterocycles. The van der Waals surface area contributed by atoms with Crippen molar-refractivity contribution in [3.05, 3.63) is 35.4 Å². The second-order valence-corrected chi connectivity index (χ2v) is 5.15. The van der Waals surface area contributed by atoms with Crippen molar-refractivity contribution in [2.75, 3.05) is 13.1 Å². The predicted molar refractivity (Wildman–Crippen MR) is 66.7 cm³/mol. The summed E-state index contributed by atoms with van der Waals surface area (Å²) in [6.45, 7) is 6.30. The fourth-order valence-corrected chi connectivity index (χ4v) is 2.47. The van der Waals surface area contributed by atoms with Crippen molar-refractivity contribution in [2.45, 2.75) is 38.8 Å². The second kappa shape index (κ2) is 5.51. The molecular formula is C14H18F3NO. The number of ether oxygens (including phenoxy) is 1. The third kappa shape index (κ3) is 3.94. The van der Waals surface area contributed by atoms with Crippen LogP contribution in [0.15, 0.2) is 24.3 Å². The zero-order chi connectivity index (χ0) is 14.0. The molecule has 2 unspecified atom stereocenters. The zero-order valence-electron chi connectivity index (χ0n) is 11.1. The van der Waals surface area contributed by atoms with Crippen molar-refractivity contribution in [1.82, 2.24) is 4.90 Å². The van der Waals surface area contributed by atoms with Crippen LogP contribution in [-0.4, -0.2) is 30.2 Å². The van der Waals surface area contributed by atoms with Gasteiger partial charge in [-0.3, -0.25) is 4.90 Å². The molecule has 0 radical (unpaired) electrons. The van der Waals surface area contributed by atoms with E-state index in [-0.39, 0.29) is 12.2 Å². The van der Waals surface area contributed by atoms with Gasteiger partial charge in [-0.05, 0) is 31.5 Å². The van der Waals surface area contributed by atoms with Gasteiger partial charge in [0.15, 0.2) is 0 Å². The number of hydrogen-bond donors (Lipinski definition) is 0. The maximum atomic E-state index is 12.5. The fraction of sp³-hybridized carbons (Fsp3) is 0.571.